The number of nitrogens with one attached hydrogen (secondary N) is 1. The molecule has 21 heavy (non-hydrogen) atoms. The Morgan fingerprint density at radius 2 is 2.14 bits per heavy atom. The van der Waals surface area contributed by atoms with E-state index in [1.165, 1.54) is 19.3 Å². The molecule has 1 unspecified atom stereocenters. The van der Waals surface area contributed by atoms with Crippen LogP contribution in [-0.4, -0.2) is 30.5 Å². The quantitative estimate of drug-likeness (QED) is 0.844. The van der Waals surface area contributed by atoms with Crippen LogP contribution in [0, 0.1) is 5.92 Å². The Morgan fingerprint density at radius 1 is 1.38 bits per heavy atom. The van der Waals surface area contributed by atoms with Crippen LogP contribution in [0.25, 0.3) is 0 Å². The predicted molar refractivity (Wildman–Crippen MR) is 86.4 cm³/mol. The molecule has 1 aromatic heterocycles. The second kappa shape index (κ2) is 7.98. The SMILES string of the molecule is CCC(CN)CC(=O)Nc1ccc(N2CCCCC2)nc1. The third kappa shape index (κ3) is 4.70. The van der Waals surface area contributed by atoms with Crippen LogP contribution in [0.5, 0.6) is 0 Å². The first-order valence-corrected chi connectivity index (χ1v) is 7.94. The summed E-state index contributed by atoms with van der Waals surface area (Å²) in [5, 5.41) is 2.90. The number of carbonyl (C=O) groups is 1. The average molecular weight is 290 g/mol. The number of nitrogens with two attached hydrogens (primary N) is 1. The zero-order chi connectivity index (χ0) is 15.1. The second-order valence-corrected chi connectivity index (χ2v) is 5.72. The Balaban J connectivity index is 1.88. The first-order chi connectivity index (χ1) is 10.2. The molecule has 116 valence electrons. The zero-order valence-electron chi connectivity index (χ0n) is 12.8. The molecule has 0 aliphatic carbocycles. The predicted octanol–water partition coefficient (Wildman–Crippen LogP) is 2.39. The van der Waals surface area contributed by atoms with E-state index in [0.717, 1.165) is 31.0 Å². The average Bonchev–Trinajstić information content (AvgIpc) is 2.54. The molecule has 1 atom stereocenters. The maximum Gasteiger partial charge on any atom is 0.224 e. The Labute approximate surface area is 126 Å². The van der Waals surface area contributed by atoms with Gasteiger partial charge in [-0.3, -0.25) is 4.79 Å². The van der Waals surface area contributed by atoms with E-state index in [-0.39, 0.29) is 11.8 Å². The summed E-state index contributed by atoms with van der Waals surface area (Å²) in [6, 6.07) is 3.92. The molecule has 0 bridgehead atoms. The zero-order valence-corrected chi connectivity index (χ0v) is 12.8. The number of pyridine rings is 1. The lowest BCUT2D eigenvalue weighted by Gasteiger charge is -2.27. The molecule has 1 aliphatic rings. The number of aromatic nitrogens is 1. The summed E-state index contributed by atoms with van der Waals surface area (Å²) in [7, 11) is 0. The van der Waals surface area contributed by atoms with E-state index in [0.29, 0.717) is 13.0 Å². The summed E-state index contributed by atoms with van der Waals surface area (Å²) < 4.78 is 0. The summed E-state index contributed by atoms with van der Waals surface area (Å²) in [5.41, 5.74) is 6.39. The van der Waals surface area contributed by atoms with Crippen molar-refractivity contribution >= 4 is 17.4 Å². The molecule has 1 saturated heterocycles. The van der Waals surface area contributed by atoms with Crippen LogP contribution < -0.4 is 16.0 Å². The topological polar surface area (TPSA) is 71.2 Å². The number of anilines is 2. The minimum atomic E-state index is 0.0137. The highest BCUT2D eigenvalue weighted by Crippen LogP contribution is 2.19. The monoisotopic (exact) mass is 290 g/mol. The van der Waals surface area contributed by atoms with E-state index in [4.69, 9.17) is 5.73 Å². The molecule has 5 heteroatoms. The first kappa shape index (κ1) is 15.8. The van der Waals surface area contributed by atoms with Crippen LogP contribution in [-0.2, 0) is 4.79 Å². The summed E-state index contributed by atoms with van der Waals surface area (Å²) >= 11 is 0. The fraction of sp³-hybridized carbons (Fsp3) is 0.625. The Kier molecular flexibility index (Phi) is 5.99. The van der Waals surface area contributed by atoms with E-state index in [2.05, 4.69) is 22.1 Å². The second-order valence-electron chi connectivity index (χ2n) is 5.72. The van der Waals surface area contributed by atoms with Gasteiger partial charge < -0.3 is 16.0 Å². The van der Waals surface area contributed by atoms with Gasteiger partial charge in [0.25, 0.3) is 0 Å². The van der Waals surface area contributed by atoms with Crippen LogP contribution in [0.4, 0.5) is 11.5 Å². The third-order valence-electron chi connectivity index (χ3n) is 4.10. The Bertz CT molecular complexity index is 436. The van der Waals surface area contributed by atoms with Crippen LogP contribution in [0.1, 0.15) is 39.0 Å². The van der Waals surface area contributed by atoms with Gasteiger partial charge in [0.15, 0.2) is 0 Å². The molecule has 0 saturated carbocycles. The van der Waals surface area contributed by atoms with Crippen molar-refractivity contribution in [1.82, 2.24) is 4.98 Å². The maximum absolute atomic E-state index is 11.9. The normalized spacial score (nSPS) is 16.6. The van der Waals surface area contributed by atoms with Gasteiger partial charge in [0.05, 0.1) is 11.9 Å². The van der Waals surface area contributed by atoms with Gasteiger partial charge in [-0.1, -0.05) is 13.3 Å². The van der Waals surface area contributed by atoms with Crippen molar-refractivity contribution in [3.63, 3.8) is 0 Å². The largest absolute Gasteiger partial charge is 0.357 e. The van der Waals surface area contributed by atoms with Gasteiger partial charge in [0, 0.05) is 19.5 Å². The van der Waals surface area contributed by atoms with E-state index < -0.39 is 0 Å². The van der Waals surface area contributed by atoms with E-state index in [9.17, 15) is 4.79 Å². The van der Waals surface area contributed by atoms with E-state index in [1.54, 1.807) is 6.20 Å². The molecule has 1 aromatic rings. The summed E-state index contributed by atoms with van der Waals surface area (Å²) in [6.07, 6.45) is 6.92. The highest BCUT2D eigenvalue weighted by atomic mass is 16.1. The first-order valence-electron chi connectivity index (χ1n) is 7.94. The minimum Gasteiger partial charge on any atom is -0.357 e. The van der Waals surface area contributed by atoms with Gasteiger partial charge in [-0.25, -0.2) is 4.98 Å². The van der Waals surface area contributed by atoms with Crippen molar-refractivity contribution in [3.8, 4) is 0 Å². The number of piperidine rings is 1. The lowest BCUT2D eigenvalue weighted by Crippen LogP contribution is -2.30. The third-order valence-corrected chi connectivity index (χ3v) is 4.10. The van der Waals surface area contributed by atoms with Crippen LogP contribution in [0.15, 0.2) is 18.3 Å². The molecular weight excluding hydrogens is 264 g/mol. The van der Waals surface area contributed by atoms with Gasteiger partial charge in [-0.2, -0.15) is 0 Å². The van der Waals surface area contributed by atoms with Crippen molar-refractivity contribution in [1.29, 1.82) is 0 Å². The fourth-order valence-corrected chi connectivity index (χ4v) is 2.64. The van der Waals surface area contributed by atoms with Crippen molar-refractivity contribution in [2.45, 2.75) is 39.0 Å². The highest BCUT2D eigenvalue weighted by Gasteiger charge is 2.13. The Morgan fingerprint density at radius 3 is 2.71 bits per heavy atom. The molecular formula is C16H26N4O. The fourth-order valence-electron chi connectivity index (χ4n) is 2.64. The summed E-state index contributed by atoms with van der Waals surface area (Å²) in [5.74, 6) is 1.27. The van der Waals surface area contributed by atoms with Crippen molar-refractivity contribution in [3.05, 3.63) is 18.3 Å². The van der Waals surface area contributed by atoms with Crippen molar-refractivity contribution < 1.29 is 4.79 Å². The molecule has 0 radical (unpaired) electrons. The van der Waals surface area contributed by atoms with Gasteiger partial charge in [0.2, 0.25) is 5.91 Å². The number of hydrogen-bond donors (Lipinski definition) is 2. The van der Waals surface area contributed by atoms with Crippen molar-refractivity contribution in [2.24, 2.45) is 11.7 Å². The summed E-state index contributed by atoms with van der Waals surface area (Å²) in [6.45, 7) is 4.76. The molecule has 1 aliphatic heterocycles. The Hall–Kier alpha value is -1.62. The smallest absolute Gasteiger partial charge is 0.224 e. The minimum absolute atomic E-state index is 0.0137. The number of amides is 1. The lowest BCUT2D eigenvalue weighted by atomic mass is 10.0. The van der Waals surface area contributed by atoms with Gasteiger partial charge in [0.1, 0.15) is 5.82 Å². The molecule has 2 rings (SSSR count). The maximum atomic E-state index is 11.9. The number of rotatable bonds is 6. The molecule has 0 aromatic carbocycles. The molecule has 1 amide bonds. The molecule has 3 N–H and O–H groups in total. The number of nitrogens with zero attached hydrogens (tertiary/aromatic N) is 2. The number of carbonyl (C=O) groups excluding carboxylic acids is 1. The molecule has 5 nitrogen and oxygen atoms in total. The van der Waals surface area contributed by atoms with Crippen molar-refractivity contribution in [2.75, 3.05) is 29.9 Å². The van der Waals surface area contributed by atoms with Crippen LogP contribution >= 0.6 is 0 Å². The molecule has 2 heterocycles. The molecule has 0 spiro atoms. The van der Waals surface area contributed by atoms with Gasteiger partial charge in [-0.05, 0) is 43.9 Å². The van der Waals surface area contributed by atoms with E-state index in [1.807, 2.05) is 12.1 Å². The van der Waals surface area contributed by atoms with Gasteiger partial charge in [-0.15, -0.1) is 0 Å². The highest BCUT2D eigenvalue weighted by molar-refractivity contribution is 5.90. The van der Waals surface area contributed by atoms with Crippen LogP contribution in [0.2, 0.25) is 0 Å². The van der Waals surface area contributed by atoms with Crippen LogP contribution in [0.3, 0.4) is 0 Å². The lowest BCUT2D eigenvalue weighted by molar-refractivity contribution is -0.117. The van der Waals surface area contributed by atoms with Gasteiger partial charge >= 0.3 is 0 Å². The molecule has 1 fully saturated rings. The standard InChI is InChI=1S/C16H26N4O/c1-2-13(11-17)10-16(21)19-14-6-7-15(18-12-14)20-8-4-3-5-9-20/h6-7,12-13H,2-5,8-11,17H2,1H3,(H,19,21). The number of hydrogen-bond acceptors (Lipinski definition) is 4. The van der Waals surface area contributed by atoms with E-state index >= 15 is 0 Å². The summed E-state index contributed by atoms with van der Waals surface area (Å²) in [4.78, 5) is 18.7.